The number of halogens is 4. The van der Waals surface area contributed by atoms with Crippen molar-refractivity contribution in [3.8, 4) is 0 Å². The first-order valence-electron chi connectivity index (χ1n) is 10.5. The minimum atomic E-state index is -4.99. The molecule has 1 aromatic carbocycles. The SMILES string of the molecule is Cn1c(C2=CCCCC2)nc2c([C@H](Nc3cccnc3C(=O)O)C(F)(F)F)cc(F)cc2c1=O. The van der Waals surface area contributed by atoms with E-state index >= 15 is 0 Å². The molecule has 0 spiro atoms. The molecular formula is C23H20F4N4O3. The second-order valence-corrected chi connectivity index (χ2v) is 7.99. The zero-order valence-electron chi connectivity index (χ0n) is 18.0. The number of fused-ring (bicyclic) bond motifs is 1. The third kappa shape index (κ3) is 4.37. The van der Waals surface area contributed by atoms with Crippen molar-refractivity contribution in [3.05, 3.63) is 69.8 Å². The topological polar surface area (TPSA) is 97.1 Å². The summed E-state index contributed by atoms with van der Waals surface area (Å²) in [6.07, 6.45) is 1.21. The number of nitrogens with zero attached hydrogens (tertiary/aromatic N) is 3. The number of hydrogen-bond donors (Lipinski definition) is 2. The summed E-state index contributed by atoms with van der Waals surface area (Å²) >= 11 is 0. The van der Waals surface area contributed by atoms with Crippen molar-refractivity contribution in [2.75, 3.05) is 5.32 Å². The molecule has 1 aliphatic carbocycles. The summed E-state index contributed by atoms with van der Waals surface area (Å²) in [5.74, 6) is -2.36. The molecule has 1 atom stereocenters. The van der Waals surface area contributed by atoms with Crippen molar-refractivity contribution < 1.29 is 27.5 Å². The molecule has 2 heterocycles. The number of carboxylic acid groups (broad SMARTS) is 1. The van der Waals surface area contributed by atoms with Crippen LogP contribution >= 0.6 is 0 Å². The highest BCUT2D eigenvalue weighted by atomic mass is 19.4. The van der Waals surface area contributed by atoms with Crippen LogP contribution in [-0.4, -0.2) is 31.8 Å². The maximum absolute atomic E-state index is 14.5. The van der Waals surface area contributed by atoms with E-state index in [1.54, 1.807) is 0 Å². The Kier molecular flexibility index (Phi) is 6.11. The summed E-state index contributed by atoms with van der Waals surface area (Å²) in [4.78, 5) is 32.5. The van der Waals surface area contributed by atoms with Crippen LogP contribution in [0.4, 0.5) is 23.2 Å². The monoisotopic (exact) mass is 476 g/mol. The molecule has 7 nitrogen and oxygen atoms in total. The number of pyridine rings is 1. The Labute approximate surface area is 190 Å². The van der Waals surface area contributed by atoms with E-state index in [0.29, 0.717) is 12.5 Å². The van der Waals surface area contributed by atoms with Crippen LogP contribution in [0.5, 0.6) is 0 Å². The molecule has 34 heavy (non-hydrogen) atoms. The Hall–Kier alpha value is -3.76. The molecular weight excluding hydrogens is 456 g/mol. The minimum absolute atomic E-state index is 0.221. The summed E-state index contributed by atoms with van der Waals surface area (Å²) in [5.41, 5.74) is -1.91. The Bertz CT molecular complexity index is 1360. The number of hydrogen-bond acceptors (Lipinski definition) is 5. The Morgan fingerprint density at radius 1 is 1.26 bits per heavy atom. The molecule has 4 rings (SSSR count). The van der Waals surface area contributed by atoms with Gasteiger partial charge in [0.1, 0.15) is 11.6 Å². The largest absolute Gasteiger partial charge is 0.476 e. The van der Waals surface area contributed by atoms with Crippen molar-refractivity contribution in [3.63, 3.8) is 0 Å². The standard InChI is InChI=1S/C23H20F4N4O3/c1-31-20(12-6-3-2-4-7-12)30-17-14(10-13(24)11-15(17)21(31)32)19(23(25,26)27)29-16-8-5-9-28-18(16)22(33)34/h5-6,8-11,19,29H,2-4,7H2,1H3,(H,33,34)/t19-/m0/s1. The summed E-state index contributed by atoms with van der Waals surface area (Å²) in [6.45, 7) is 0. The lowest BCUT2D eigenvalue weighted by Gasteiger charge is -2.25. The van der Waals surface area contributed by atoms with E-state index in [0.717, 1.165) is 43.2 Å². The molecule has 0 aliphatic heterocycles. The van der Waals surface area contributed by atoms with Crippen molar-refractivity contribution in [1.29, 1.82) is 0 Å². The van der Waals surface area contributed by atoms with Crippen LogP contribution in [0.1, 0.15) is 53.6 Å². The Balaban J connectivity index is 1.97. The van der Waals surface area contributed by atoms with Crippen LogP contribution in [0.25, 0.3) is 16.5 Å². The molecule has 0 amide bonds. The number of rotatable bonds is 5. The van der Waals surface area contributed by atoms with Gasteiger partial charge in [0.05, 0.1) is 16.6 Å². The lowest BCUT2D eigenvalue weighted by atomic mass is 9.97. The number of nitrogens with one attached hydrogen (secondary N) is 1. The number of benzene rings is 1. The average Bonchev–Trinajstić information content (AvgIpc) is 2.79. The van der Waals surface area contributed by atoms with Gasteiger partial charge in [-0.05, 0) is 55.5 Å². The zero-order chi connectivity index (χ0) is 24.6. The molecule has 2 aromatic heterocycles. The molecule has 0 fully saturated rings. The first-order chi connectivity index (χ1) is 16.1. The molecule has 0 radical (unpaired) electrons. The van der Waals surface area contributed by atoms with E-state index in [4.69, 9.17) is 0 Å². The first-order valence-corrected chi connectivity index (χ1v) is 10.5. The second kappa shape index (κ2) is 8.88. The van der Waals surface area contributed by atoms with E-state index in [-0.39, 0.29) is 16.7 Å². The molecule has 0 bridgehead atoms. The Morgan fingerprint density at radius 3 is 2.68 bits per heavy atom. The number of carbonyl (C=O) groups is 1. The van der Waals surface area contributed by atoms with Gasteiger partial charge in [-0.1, -0.05) is 6.08 Å². The third-order valence-electron chi connectivity index (χ3n) is 5.70. The van der Waals surface area contributed by atoms with Crippen molar-refractivity contribution in [1.82, 2.24) is 14.5 Å². The molecule has 1 aliphatic rings. The first kappa shape index (κ1) is 23.4. The highest BCUT2D eigenvalue weighted by molar-refractivity contribution is 5.92. The van der Waals surface area contributed by atoms with Crippen LogP contribution < -0.4 is 10.9 Å². The second-order valence-electron chi connectivity index (χ2n) is 7.99. The van der Waals surface area contributed by atoms with E-state index in [2.05, 4.69) is 15.3 Å². The van der Waals surface area contributed by atoms with Gasteiger partial charge in [0.2, 0.25) is 0 Å². The zero-order valence-corrected chi connectivity index (χ0v) is 18.0. The van der Waals surface area contributed by atoms with Gasteiger partial charge in [0, 0.05) is 18.8 Å². The van der Waals surface area contributed by atoms with Gasteiger partial charge in [-0.25, -0.2) is 19.2 Å². The normalized spacial score (nSPS) is 15.1. The number of alkyl halides is 3. The summed E-state index contributed by atoms with van der Waals surface area (Å²) < 4.78 is 58.4. The van der Waals surface area contributed by atoms with Crippen molar-refractivity contribution in [2.24, 2.45) is 7.05 Å². The van der Waals surface area contributed by atoms with Crippen LogP contribution in [0.15, 0.2) is 41.3 Å². The fourth-order valence-corrected chi connectivity index (χ4v) is 4.10. The van der Waals surface area contributed by atoms with Gasteiger partial charge >= 0.3 is 12.1 Å². The maximum atomic E-state index is 14.5. The molecule has 2 N–H and O–H groups in total. The van der Waals surface area contributed by atoms with Crippen molar-refractivity contribution >= 4 is 28.1 Å². The van der Waals surface area contributed by atoms with Crippen LogP contribution in [0.3, 0.4) is 0 Å². The molecule has 3 aromatic rings. The van der Waals surface area contributed by atoms with Gasteiger partial charge < -0.3 is 10.4 Å². The predicted molar refractivity (Wildman–Crippen MR) is 117 cm³/mol. The summed E-state index contributed by atoms with van der Waals surface area (Å²) in [6, 6.07) is 1.36. The Morgan fingerprint density at radius 2 is 2.03 bits per heavy atom. The summed E-state index contributed by atoms with van der Waals surface area (Å²) in [7, 11) is 1.44. The van der Waals surface area contributed by atoms with Gasteiger partial charge in [0.15, 0.2) is 11.7 Å². The number of aromatic carboxylic acids is 1. The third-order valence-corrected chi connectivity index (χ3v) is 5.70. The number of aromatic nitrogens is 3. The van der Waals surface area contributed by atoms with Crippen LogP contribution in [-0.2, 0) is 7.05 Å². The molecule has 0 saturated heterocycles. The quantitative estimate of drug-likeness (QED) is 0.512. The number of carboxylic acids is 1. The van der Waals surface area contributed by atoms with Crippen LogP contribution in [0.2, 0.25) is 0 Å². The number of allylic oxidation sites excluding steroid dienone is 2. The molecule has 11 heteroatoms. The molecule has 0 unspecified atom stereocenters. The number of anilines is 1. The summed E-state index contributed by atoms with van der Waals surface area (Å²) in [5, 5.41) is 11.1. The fraction of sp³-hybridized carbons (Fsp3) is 0.304. The average molecular weight is 476 g/mol. The van der Waals surface area contributed by atoms with E-state index in [1.165, 1.54) is 17.7 Å². The van der Waals surface area contributed by atoms with E-state index in [9.17, 15) is 32.3 Å². The van der Waals surface area contributed by atoms with Gasteiger partial charge in [-0.3, -0.25) is 9.36 Å². The van der Waals surface area contributed by atoms with Gasteiger partial charge in [0.25, 0.3) is 5.56 Å². The molecule has 0 saturated carbocycles. The highest BCUT2D eigenvalue weighted by Gasteiger charge is 2.43. The lowest BCUT2D eigenvalue weighted by molar-refractivity contribution is -0.143. The highest BCUT2D eigenvalue weighted by Crippen LogP contribution is 2.39. The minimum Gasteiger partial charge on any atom is -0.476 e. The van der Waals surface area contributed by atoms with Crippen LogP contribution in [0, 0.1) is 5.82 Å². The van der Waals surface area contributed by atoms with Crippen molar-refractivity contribution in [2.45, 2.75) is 37.9 Å². The van der Waals surface area contributed by atoms with Gasteiger partial charge in [-0.2, -0.15) is 13.2 Å². The fourth-order valence-electron chi connectivity index (χ4n) is 4.10. The van der Waals surface area contributed by atoms with E-state index < -0.39 is 46.5 Å². The molecule has 178 valence electrons. The van der Waals surface area contributed by atoms with Gasteiger partial charge in [-0.15, -0.1) is 0 Å². The predicted octanol–water partition coefficient (Wildman–Crippen LogP) is 4.84. The maximum Gasteiger partial charge on any atom is 0.412 e. The lowest BCUT2D eigenvalue weighted by Crippen LogP contribution is -2.30. The van der Waals surface area contributed by atoms with E-state index in [1.807, 2.05) is 6.08 Å². The smallest absolute Gasteiger partial charge is 0.412 e.